The molecule has 12 aromatic rings. The van der Waals surface area contributed by atoms with Crippen LogP contribution in [0.5, 0.6) is 0 Å². The number of hydrogen-bond donors (Lipinski definition) is 1. The number of hydrogen-bond acceptors (Lipinski definition) is 4. The van der Waals surface area contributed by atoms with Crippen LogP contribution in [0, 0.1) is 0 Å². The molecule has 13 rings (SSSR count). The zero-order chi connectivity index (χ0) is 47.8. The van der Waals surface area contributed by atoms with Crippen LogP contribution in [-0.2, 0) is 0 Å². The number of aliphatic imine (C=N–C) groups is 2. The molecule has 0 spiro atoms. The Labute approximate surface area is 419 Å². The quantitative estimate of drug-likeness (QED) is 0.147. The number of amidine groups is 2. The summed E-state index contributed by atoms with van der Waals surface area (Å²) in [7, 11) is 0. The van der Waals surface area contributed by atoms with E-state index in [0.717, 1.165) is 89.5 Å². The summed E-state index contributed by atoms with van der Waals surface area (Å²) in [5.74, 6) is 1.44. The van der Waals surface area contributed by atoms with Crippen LogP contribution in [0.15, 0.2) is 277 Å². The van der Waals surface area contributed by atoms with Crippen molar-refractivity contribution in [2.24, 2.45) is 9.98 Å². The molecule has 0 saturated heterocycles. The summed E-state index contributed by atoms with van der Waals surface area (Å²) < 4.78 is 0. The van der Waals surface area contributed by atoms with Crippen LogP contribution in [0.1, 0.15) is 22.9 Å². The van der Waals surface area contributed by atoms with Gasteiger partial charge in [-0.1, -0.05) is 255 Å². The Hall–Kier alpha value is -9.51. The van der Waals surface area contributed by atoms with E-state index in [-0.39, 0.29) is 0 Å². The van der Waals surface area contributed by atoms with Gasteiger partial charge in [0.1, 0.15) is 12.0 Å². The molecule has 0 fully saturated rings. The van der Waals surface area contributed by atoms with Gasteiger partial charge in [0.05, 0.1) is 11.4 Å². The highest BCUT2D eigenvalue weighted by atomic mass is 15.2. The first-order valence-corrected chi connectivity index (χ1v) is 24.5. The van der Waals surface area contributed by atoms with Crippen LogP contribution >= 0.6 is 0 Å². The van der Waals surface area contributed by atoms with Gasteiger partial charge < -0.3 is 5.32 Å². The van der Waals surface area contributed by atoms with Crippen molar-refractivity contribution in [1.29, 1.82) is 0 Å². The smallest absolute Gasteiger partial charge is 0.159 e. The van der Waals surface area contributed by atoms with E-state index in [9.17, 15) is 0 Å². The highest BCUT2D eigenvalue weighted by molar-refractivity contribution is 6.25. The van der Waals surface area contributed by atoms with Gasteiger partial charge in [0.25, 0.3) is 0 Å². The molecule has 2 heterocycles. The molecule has 1 N–H and O–H groups in total. The molecular formula is C68H46N4. The minimum atomic E-state index is -0.394. The lowest BCUT2D eigenvalue weighted by atomic mass is 9.83. The second-order valence-corrected chi connectivity index (χ2v) is 18.3. The highest BCUT2D eigenvalue weighted by Crippen LogP contribution is 2.49. The lowest BCUT2D eigenvalue weighted by molar-refractivity contribution is 0.674. The molecule has 4 nitrogen and oxygen atoms in total. The zero-order valence-corrected chi connectivity index (χ0v) is 39.3. The van der Waals surface area contributed by atoms with Gasteiger partial charge in [0.2, 0.25) is 0 Å². The number of pyridine rings is 1. The summed E-state index contributed by atoms with van der Waals surface area (Å²) in [5.41, 5.74) is 15.7. The summed E-state index contributed by atoms with van der Waals surface area (Å²) in [5, 5.41) is 11.4. The maximum Gasteiger partial charge on any atom is 0.159 e. The molecule has 1 aromatic heterocycles. The first-order chi connectivity index (χ1) is 35.7. The molecule has 1 atom stereocenters. The predicted molar refractivity (Wildman–Crippen MR) is 301 cm³/mol. The van der Waals surface area contributed by atoms with E-state index >= 15 is 0 Å². The number of rotatable bonds is 9. The first kappa shape index (κ1) is 42.6. The van der Waals surface area contributed by atoms with Crippen molar-refractivity contribution in [3.05, 3.63) is 284 Å². The third-order valence-corrected chi connectivity index (χ3v) is 13.9. The fourth-order valence-electron chi connectivity index (χ4n) is 10.5. The summed E-state index contributed by atoms with van der Waals surface area (Å²) in [4.78, 5) is 16.2. The van der Waals surface area contributed by atoms with Crippen molar-refractivity contribution in [1.82, 2.24) is 10.3 Å². The number of fused-ring (bicyclic) bond motifs is 6. The van der Waals surface area contributed by atoms with Gasteiger partial charge in [-0.3, -0.25) is 0 Å². The lowest BCUT2D eigenvalue weighted by Gasteiger charge is -2.25. The molecular weight excluding hydrogens is 873 g/mol. The number of benzene rings is 11. The second kappa shape index (κ2) is 18.4. The van der Waals surface area contributed by atoms with E-state index in [0.29, 0.717) is 5.84 Å². The Bertz CT molecular complexity index is 3880. The van der Waals surface area contributed by atoms with Crippen molar-refractivity contribution in [2.75, 3.05) is 0 Å². The molecule has 338 valence electrons. The minimum absolute atomic E-state index is 0.394. The summed E-state index contributed by atoms with van der Waals surface area (Å²) >= 11 is 0. The Morgan fingerprint density at radius 3 is 1.19 bits per heavy atom. The van der Waals surface area contributed by atoms with Crippen molar-refractivity contribution >= 4 is 44.0 Å². The molecule has 0 amide bonds. The maximum atomic E-state index is 5.64. The molecule has 1 unspecified atom stereocenters. The Kier molecular flexibility index (Phi) is 10.9. The third kappa shape index (κ3) is 7.82. The van der Waals surface area contributed by atoms with Crippen LogP contribution in [0.25, 0.3) is 99.3 Å². The Balaban J connectivity index is 0.938. The van der Waals surface area contributed by atoms with E-state index in [4.69, 9.17) is 15.0 Å². The average Bonchev–Trinajstić information content (AvgIpc) is 3.47. The van der Waals surface area contributed by atoms with E-state index in [1.807, 2.05) is 18.2 Å². The van der Waals surface area contributed by atoms with Crippen LogP contribution < -0.4 is 5.32 Å². The molecule has 0 radical (unpaired) electrons. The van der Waals surface area contributed by atoms with Crippen LogP contribution in [0.2, 0.25) is 0 Å². The first-order valence-electron chi connectivity index (χ1n) is 24.5. The highest BCUT2D eigenvalue weighted by Gasteiger charge is 2.27. The molecule has 0 bridgehead atoms. The molecule has 1 aliphatic rings. The molecule has 11 aromatic carbocycles. The van der Waals surface area contributed by atoms with Crippen LogP contribution in [0.4, 0.5) is 0 Å². The van der Waals surface area contributed by atoms with Crippen molar-refractivity contribution < 1.29 is 0 Å². The largest absolute Gasteiger partial charge is 0.344 e. The standard InChI is InChI=1S/C68H46N4/c1-6-21-45(22-7-1)62-61(63(46-23-8-2-9-24-46)65(49-27-12-4-13-28-49)69-64(62)48-25-10-3-11-26-48)47-37-39-51(40-38-47)67-70-66(50-29-14-5-15-30-50)71-68(72-67)54-32-20-31-52(43-54)53-41-42-59-57-35-17-16-33-55(57)56-34-18-19-36-58(56)60(59)44-53/h1-44,68H,(H,70,71,72). The van der Waals surface area contributed by atoms with Gasteiger partial charge >= 0.3 is 0 Å². The Morgan fingerprint density at radius 2 is 0.667 bits per heavy atom. The minimum Gasteiger partial charge on any atom is -0.344 e. The van der Waals surface area contributed by atoms with Crippen molar-refractivity contribution in [2.45, 2.75) is 6.17 Å². The normalized spacial score (nSPS) is 13.4. The van der Waals surface area contributed by atoms with Gasteiger partial charge in [0, 0.05) is 38.9 Å². The van der Waals surface area contributed by atoms with E-state index in [2.05, 4.69) is 254 Å². The van der Waals surface area contributed by atoms with Crippen molar-refractivity contribution in [3.8, 4) is 67.0 Å². The van der Waals surface area contributed by atoms with Gasteiger partial charge in [-0.25, -0.2) is 15.0 Å². The molecule has 1 aliphatic heterocycles. The zero-order valence-electron chi connectivity index (χ0n) is 39.3. The fourth-order valence-corrected chi connectivity index (χ4v) is 10.5. The maximum absolute atomic E-state index is 5.64. The molecule has 72 heavy (non-hydrogen) atoms. The topological polar surface area (TPSA) is 49.6 Å². The van der Waals surface area contributed by atoms with E-state index < -0.39 is 6.17 Å². The van der Waals surface area contributed by atoms with Gasteiger partial charge in [-0.2, -0.15) is 0 Å². The number of nitrogens with one attached hydrogen (secondary N) is 1. The van der Waals surface area contributed by atoms with E-state index in [1.54, 1.807) is 0 Å². The fraction of sp³-hybridized carbons (Fsp3) is 0.0147. The summed E-state index contributed by atoms with van der Waals surface area (Å²) in [6.45, 7) is 0. The molecule has 4 heteroatoms. The third-order valence-electron chi connectivity index (χ3n) is 13.9. The summed E-state index contributed by atoms with van der Waals surface area (Å²) in [6.07, 6.45) is -0.394. The van der Waals surface area contributed by atoms with Gasteiger partial charge in [0.15, 0.2) is 5.84 Å². The van der Waals surface area contributed by atoms with E-state index in [1.165, 1.54) is 32.3 Å². The summed E-state index contributed by atoms with van der Waals surface area (Å²) in [6, 6.07) is 94.8. The number of nitrogens with zero attached hydrogens (tertiary/aromatic N) is 3. The predicted octanol–water partition coefficient (Wildman–Crippen LogP) is 17.0. The molecule has 0 aliphatic carbocycles. The van der Waals surface area contributed by atoms with Crippen molar-refractivity contribution in [3.63, 3.8) is 0 Å². The SMILES string of the molecule is c1ccc(C2=NC(c3cccc(-c4ccc5c6ccccc6c6ccccc6c5c4)c3)NC(c3ccc(-c4c(-c5ccccc5)c(-c5ccccc5)nc(-c5ccccc5)c4-c4ccccc4)cc3)=N2)cc1. The lowest BCUT2D eigenvalue weighted by Crippen LogP contribution is -2.33. The molecule has 0 saturated carbocycles. The Morgan fingerprint density at radius 1 is 0.278 bits per heavy atom. The van der Waals surface area contributed by atoms with Crippen LogP contribution in [-0.4, -0.2) is 16.7 Å². The van der Waals surface area contributed by atoms with Crippen LogP contribution in [0.3, 0.4) is 0 Å². The number of aromatic nitrogens is 1. The average molecular weight is 919 g/mol. The second-order valence-electron chi connectivity index (χ2n) is 18.3. The van der Waals surface area contributed by atoms with Gasteiger partial charge in [-0.05, 0) is 77.8 Å². The monoisotopic (exact) mass is 918 g/mol. The van der Waals surface area contributed by atoms with Gasteiger partial charge in [-0.15, -0.1) is 0 Å².